The number of hydrogen-bond acceptors (Lipinski definition) is 3. The molecule has 0 bridgehead atoms. The molecule has 3 heteroatoms. The average molecular weight is 197 g/mol. The number of nitrogens with two attached hydrogens (primary N) is 1. The summed E-state index contributed by atoms with van der Waals surface area (Å²) in [6.07, 6.45) is 3.13. The van der Waals surface area contributed by atoms with Crippen molar-refractivity contribution in [2.24, 2.45) is 5.73 Å². The fraction of sp³-hybridized carbons (Fsp3) is 0.909. The summed E-state index contributed by atoms with van der Waals surface area (Å²) in [6, 6.07) is 2.70. The summed E-state index contributed by atoms with van der Waals surface area (Å²) in [7, 11) is 2.09. The molecule has 0 spiro atoms. The second-order valence-corrected chi connectivity index (χ2v) is 4.40. The van der Waals surface area contributed by atoms with Crippen LogP contribution in [0.25, 0.3) is 0 Å². The number of rotatable bonds is 6. The zero-order valence-corrected chi connectivity index (χ0v) is 9.88. The first-order valence-electron chi connectivity index (χ1n) is 5.33. The molecular formula is C11H23N3. The first-order valence-corrected chi connectivity index (χ1v) is 5.33. The van der Waals surface area contributed by atoms with Crippen molar-refractivity contribution < 1.29 is 0 Å². The summed E-state index contributed by atoms with van der Waals surface area (Å²) in [5, 5.41) is 8.76. The lowest BCUT2D eigenvalue weighted by Gasteiger charge is -2.26. The number of nitriles is 1. The molecule has 2 atom stereocenters. The Hall–Kier alpha value is -0.590. The predicted molar refractivity (Wildman–Crippen MR) is 59.8 cm³/mol. The maximum atomic E-state index is 8.76. The summed E-state index contributed by atoms with van der Waals surface area (Å²) in [4.78, 5) is 2.27. The smallest absolute Gasteiger partial charge is 0.102 e. The molecule has 0 aromatic carbocycles. The van der Waals surface area contributed by atoms with E-state index in [4.69, 9.17) is 11.0 Å². The fourth-order valence-corrected chi connectivity index (χ4v) is 1.32. The van der Waals surface area contributed by atoms with Crippen LogP contribution >= 0.6 is 0 Å². The van der Waals surface area contributed by atoms with Crippen LogP contribution in [0.3, 0.4) is 0 Å². The van der Waals surface area contributed by atoms with E-state index in [1.807, 2.05) is 0 Å². The van der Waals surface area contributed by atoms with Crippen molar-refractivity contribution in [2.75, 3.05) is 13.6 Å². The highest BCUT2D eigenvalue weighted by Gasteiger charge is 2.18. The van der Waals surface area contributed by atoms with Crippen LogP contribution in [0.15, 0.2) is 0 Å². The van der Waals surface area contributed by atoms with Gasteiger partial charge in [-0.3, -0.25) is 0 Å². The third-order valence-corrected chi connectivity index (χ3v) is 2.70. The largest absolute Gasteiger partial charge is 0.314 e. The van der Waals surface area contributed by atoms with Crippen molar-refractivity contribution in [1.29, 1.82) is 5.26 Å². The molecule has 0 heterocycles. The van der Waals surface area contributed by atoms with Crippen LogP contribution in [0.2, 0.25) is 0 Å². The van der Waals surface area contributed by atoms with Gasteiger partial charge in [0.2, 0.25) is 0 Å². The molecule has 14 heavy (non-hydrogen) atoms. The number of hydrogen-bond donors (Lipinski definition) is 1. The molecule has 0 radical (unpaired) electrons. The maximum absolute atomic E-state index is 8.76. The van der Waals surface area contributed by atoms with Crippen LogP contribution in [0, 0.1) is 11.3 Å². The first kappa shape index (κ1) is 13.4. The van der Waals surface area contributed by atoms with Gasteiger partial charge >= 0.3 is 0 Å². The SMILES string of the molecule is CCCC(C)N(C)CCC(C)(N)C#N. The van der Waals surface area contributed by atoms with Gasteiger partial charge in [0.15, 0.2) is 0 Å². The Kier molecular flexibility index (Phi) is 5.75. The Morgan fingerprint density at radius 2 is 2.14 bits per heavy atom. The van der Waals surface area contributed by atoms with Gasteiger partial charge in [0.1, 0.15) is 5.54 Å². The van der Waals surface area contributed by atoms with Crippen molar-refractivity contribution in [3.8, 4) is 6.07 Å². The average Bonchev–Trinajstić information content (AvgIpc) is 2.15. The Morgan fingerprint density at radius 3 is 2.57 bits per heavy atom. The van der Waals surface area contributed by atoms with Gasteiger partial charge < -0.3 is 10.6 Å². The summed E-state index contributed by atoms with van der Waals surface area (Å²) >= 11 is 0. The van der Waals surface area contributed by atoms with Gasteiger partial charge in [-0.25, -0.2) is 0 Å². The van der Waals surface area contributed by atoms with Crippen molar-refractivity contribution in [3.05, 3.63) is 0 Å². The van der Waals surface area contributed by atoms with Crippen molar-refractivity contribution in [2.45, 2.75) is 51.6 Å². The molecule has 0 aliphatic carbocycles. The van der Waals surface area contributed by atoms with E-state index in [1.54, 1.807) is 6.92 Å². The summed E-state index contributed by atoms with van der Waals surface area (Å²) in [5.74, 6) is 0. The molecule has 0 aromatic rings. The Bertz CT molecular complexity index is 193. The zero-order valence-electron chi connectivity index (χ0n) is 9.88. The second kappa shape index (κ2) is 6.00. The van der Waals surface area contributed by atoms with E-state index in [-0.39, 0.29) is 0 Å². The molecule has 2 unspecified atom stereocenters. The highest BCUT2D eigenvalue weighted by molar-refractivity contribution is 5.01. The van der Waals surface area contributed by atoms with Gasteiger partial charge in [0.05, 0.1) is 6.07 Å². The van der Waals surface area contributed by atoms with Gasteiger partial charge in [0.25, 0.3) is 0 Å². The lowest BCUT2D eigenvalue weighted by molar-refractivity contribution is 0.230. The Balaban J connectivity index is 3.85. The number of nitrogens with zero attached hydrogens (tertiary/aromatic N) is 2. The Labute approximate surface area is 87.9 Å². The summed E-state index contributed by atoms with van der Waals surface area (Å²) in [5.41, 5.74) is 5.07. The van der Waals surface area contributed by atoms with E-state index >= 15 is 0 Å². The Morgan fingerprint density at radius 1 is 1.57 bits per heavy atom. The third kappa shape index (κ3) is 5.21. The van der Waals surface area contributed by atoms with Crippen molar-refractivity contribution in [3.63, 3.8) is 0 Å². The molecule has 0 saturated carbocycles. The third-order valence-electron chi connectivity index (χ3n) is 2.70. The highest BCUT2D eigenvalue weighted by Crippen LogP contribution is 2.09. The highest BCUT2D eigenvalue weighted by atomic mass is 15.1. The van der Waals surface area contributed by atoms with Crippen LogP contribution < -0.4 is 5.73 Å². The van der Waals surface area contributed by atoms with E-state index in [9.17, 15) is 0 Å². The van der Waals surface area contributed by atoms with E-state index in [1.165, 1.54) is 12.8 Å². The molecule has 2 N–H and O–H groups in total. The lowest BCUT2D eigenvalue weighted by Crippen LogP contribution is -2.40. The molecule has 0 aliphatic heterocycles. The molecule has 0 aromatic heterocycles. The van der Waals surface area contributed by atoms with Crippen molar-refractivity contribution >= 4 is 0 Å². The van der Waals surface area contributed by atoms with Crippen LogP contribution in [0.1, 0.15) is 40.0 Å². The van der Waals surface area contributed by atoms with Crippen LogP contribution in [-0.4, -0.2) is 30.1 Å². The van der Waals surface area contributed by atoms with Gasteiger partial charge in [-0.2, -0.15) is 5.26 Å². The van der Waals surface area contributed by atoms with Crippen molar-refractivity contribution in [1.82, 2.24) is 4.90 Å². The van der Waals surface area contributed by atoms with Crippen LogP contribution in [0.4, 0.5) is 0 Å². The lowest BCUT2D eigenvalue weighted by atomic mass is 10.0. The molecule has 0 aliphatic rings. The predicted octanol–water partition coefficient (Wildman–Crippen LogP) is 1.74. The molecule has 0 fully saturated rings. The monoisotopic (exact) mass is 197 g/mol. The van der Waals surface area contributed by atoms with E-state index in [0.717, 1.165) is 13.0 Å². The van der Waals surface area contributed by atoms with Gasteiger partial charge in [-0.05, 0) is 33.7 Å². The first-order chi connectivity index (χ1) is 6.43. The quantitative estimate of drug-likeness (QED) is 0.705. The molecule has 0 saturated heterocycles. The molecular weight excluding hydrogens is 174 g/mol. The van der Waals surface area contributed by atoms with E-state index in [2.05, 4.69) is 31.9 Å². The van der Waals surface area contributed by atoms with Gasteiger partial charge in [-0.1, -0.05) is 13.3 Å². The summed E-state index contributed by atoms with van der Waals surface area (Å²) in [6.45, 7) is 7.07. The molecule has 0 rings (SSSR count). The standard InChI is InChI=1S/C11H23N3/c1-5-6-10(2)14(4)8-7-11(3,13)9-12/h10H,5-8,13H2,1-4H3. The van der Waals surface area contributed by atoms with Gasteiger partial charge in [-0.15, -0.1) is 0 Å². The van der Waals surface area contributed by atoms with E-state index in [0.29, 0.717) is 6.04 Å². The minimum absolute atomic E-state index is 0.578. The van der Waals surface area contributed by atoms with Gasteiger partial charge in [0, 0.05) is 12.6 Å². The zero-order chi connectivity index (χ0) is 11.2. The van der Waals surface area contributed by atoms with Crippen LogP contribution in [0.5, 0.6) is 0 Å². The normalized spacial score (nSPS) is 17.5. The fourth-order valence-electron chi connectivity index (χ4n) is 1.32. The minimum Gasteiger partial charge on any atom is -0.314 e. The minimum atomic E-state index is -0.680. The molecule has 82 valence electrons. The topological polar surface area (TPSA) is 53.0 Å². The molecule has 3 nitrogen and oxygen atoms in total. The summed E-state index contributed by atoms with van der Waals surface area (Å²) < 4.78 is 0. The molecule has 0 amide bonds. The second-order valence-electron chi connectivity index (χ2n) is 4.40. The van der Waals surface area contributed by atoms with Crippen LogP contribution in [-0.2, 0) is 0 Å². The maximum Gasteiger partial charge on any atom is 0.102 e. The van der Waals surface area contributed by atoms with E-state index < -0.39 is 5.54 Å².